The first-order chi connectivity index (χ1) is 16.6. The Morgan fingerprint density at radius 2 is 1.74 bits per heavy atom. The molecule has 0 spiro atoms. The molecule has 0 saturated heterocycles. The van der Waals surface area contributed by atoms with Crippen LogP contribution in [0.1, 0.15) is 18.5 Å². The van der Waals surface area contributed by atoms with Crippen LogP contribution in [0.15, 0.2) is 90.1 Å². The van der Waals surface area contributed by atoms with E-state index < -0.39 is 6.04 Å². The van der Waals surface area contributed by atoms with Crippen molar-refractivity contribution < 1.29 is 9.53 Å². The number of carbonyl (C=O) groups excluding carboxylic acids is 1. The molecule has 1 aromatic heterocycles. The van der Waals surface area contributed by atoms with E-state index in [0.717, 1.165) is 11.1 Å². The number of amides is 1. The zero-order chi connectivity index (χ0) is 23.7. The molecule has 2 N–H and O–H groups in total. The fourth-order valence-corrected chi connectivity index (χ4v) is 4.30. The summed E-state index contributed by atoms with van der Waals surface area (Å²) in [6.45, 7) is 1.86. The predicted octanol–water partition coefficient (Wildman–Crippen LogP) is 5.53. The van der Waals surface area contributed by atoms with Crippen LogP contribution in [0.25, 0.3) is 11.4 Å². The Morgan fingerprint density at radius 1 is 1.03 bits per heavy atom. The molecule has 1 unspecified atom stereocenters. The van der Waals surface area contributed by atoms with Gasteiger partial charge in [0.1, 0.15) is 11.8 Å². The van der Waals surface area contributed by atoms with Gasteiger partial charge in [-0.2, -0.15) is 4.98 Å². The van der Waals surface area contributed by atoms with E-state index in [-0.39, 0.29) is 5.91 Å². The summed E-state index contributed by atoms with van der Waals surface area (Å²) in [7, 11) is 1.57. The van der Waals surface area contributed by atoms with E-state index in [9.17, 15) is 4.79 Å². The second kappa shape index (κ2) is 9.03. The van der Waals surface area contributed by atoms with Crippen LogP contribution in [0.5, 0.6) is 5.75 Å². The number of fused-ring (bicyclic) bond motifs is 1. The van der Waals surface area contributed by atoms with Crippen molar-refractivity contribution in [2.45, 2.75) is 13.0 Å². The van der Waals surface area contributed by atoms with Gasteiger partial charge in [-0.1, -0.05) is 66.2 Å². The molecule has 1 amide bonds. The van der Waals surface area contributed by atoms with E-state index in [0.29, 0.717) is 39.5 Å². The molecule has 1 aliphatic heterocycles. The Labute approximate surface area is 202 Å². The van der Waals surface area contributed by atoms with E-state index in [1.165, 1.54) is 0 Å². The number of nitrogens with one attached hydrogen (secondary N) is 2. The van der Waals surface area contributed by atoms with E-state index in [2.05, 4.69) is 15.6 Å². The monoisotopic (exact) mass is 471 g/mol. The van der Waals surface area contributed by atoms with Crippen molar-refractivity contribution in [2.24, 2.45) is 0 Å². The van der Waals surface area contributed by atoms with Crippen LogP contribution in [0.2, 0.25) is 5.02 Å². The van der Waals surface area contributed by atoms with Crippen LogP contribution in [0, 0.1) is 0 Å². The highest BCUT2D eigenvalue weighted by atomic mass is 35.5. The molecule has 0 fully saturated rings. The quantitative estimate of drug-likeness (QED) is 0.399. The van der Waals surface area contributed by atoms with Crippen molar-refractivity contribution in [1.29, 1.82) is 0 Å². The SMILES string of the molecule is COc1ccccc1NC(=O)C1=C(C)Nc2nc(-c3ccccc3Cl)nn2C1c1ccccc1. The smallest absolute Gasteiger partial charge is 0.255 e. The van der Waals surface area contributed by atoms with Gasteiger partial charge in [-0.25, -0.2) is 4.68 Å². The first-order valence-corrected chi connectivity index (χ1v) is 11.1. The number of methoxy groups -OCH3 is 1. The lowest BCUT2D eigenvalue weighted by atomic mass is 9.95. The molecule has 7 nitrogen and oxygen atoms in total. The number of carbonyl (C=O) groups is 1. The largest absolute Gasteiger partial charge is 0.495 e. The molecule has 0 radical (unpaired) electrons. The average Bonchev–Trinajstić information content (AvgIpc) is 3.27. The number of para-hydroxylation sites is 2. The number of aromatic nitrogens is 3. The highest BCUT2D eigenvalue weighted by molar-refractivity contribution is 6.33. The molecule has 3 aromatic carbocycles. The molecule has 1 aliphatic rings. The van der Waals surface area contributed by atoms with Gasteiger partial charge >= 0.3 is 0 Å². The first kappa shape index (κ1) is 21.7. The summed E-state index contributed by atoms with van der Waals surface area (Å²) in [5, 5.41) is 11.6. The van der Waals surface area contributed by atoms with Gasteiger partial charge in [-0.3, -0.25) is 4.79 Å². The highest BCUT2D eigenvalue weighted by Crippen LogP contribution is 2.38. The van der Waals surface area contributed by atoms with Crippen LogP contribution < -0.4 is 15.4 Å². The van der Waals surface area contributed by atoms with Gasteiger partial charge in [0.15, 0.2) is 5.82 Å². The Balaban J connectivity index is 1.60. The van der Waals surface area contributed by atoms with Gasteiger partial charge in [0, 0.05) is 11.3 Å². The molecule has 170 valence electrons. The van der Waals surface area contributed by atoms with Crippen molar-refractivity contribution in [3.8, 4) is 17.1 Å². The summed E-state index contributed by atoms with van der Waals surface area (Å²) < 4.78 is 7.14. The van der Waals surface area contributed by atoms with Crippen molar-refractivity contribution in [1.82, 2.24) is 14.8 Å². The summed E-state index contributed by atoms with van der Waals surface area (Å²) in [5.41, 5.74) is 3.43. The molecule has 5 rings (SSSR count). The third-order valence-corrected chi connectivity index (χ3v) is 6.01. The molecule has 8 heteroatoms. The standard InChI is InChI=1S/C26H22ClN5O2/c1-16-22(25(33)29-20-14-8-9-15-21(20)34-2)23(17-10-4-3-5-11-17)32-26(28-16)30-24(31-32)18-12-6-7-13-19(18)27/h3-15,23H,1-2H3,(H,29,33)(H,28,30,31). The number of hydrogen-bond donors (Lipinski definition) is 2. The molecular weight excluding hydrogens is 450 g/mol. The van der Waals surface area contributed by atoms with Gasteiger partial charge in [-0.05, 0) is 36.8 Å². The van der Waals surface area contributed by atoms with Gasteiger partial charge in [-0.15, -0.1) is 5.10 Å². The fourth-order valence-electron chi connectivity index (χ4n) is 4.08. The highest BCUT2D eigenvalue weighted by Gasteiger charge is 2.34. The fraction of sp³-hybridized carbons (Fsp3) is 0.115. The molecule has 0 bridgehead atoms. The van der Waals surface area contributed by atoms with Crippen LogP contribution in [0.3, 0.4) is 0 Å². The average molecular weight is 472 g/mol. The third kappa shape index (κ3) is 3.91. The molecule has 0 aliphatic carbocycles. The minimum absolute atomic E-state index is 0.260. The second-order valence-electron chi connectivity index (χ2n) is 7.81. The summed E-state index contributed by atoms with van der Waals surface area (Å²) in [6, 6.07) is 24.0. The van der Waals surface area contributed by atoms with Crippen molar-refractivity contribution in [2.75, 3.05) is 17.7 Å². The number of benzene rings is 3. The molecule has 2 heterocycles. The molecule has 0 saturated carbocycles. The van der Waals surface area contributed by atoms with Crippen LogP contribution in [-0.2, 0) is 4.79 Å². The molecule has 4 aromatic rings. The number of allylic oxidation sites excluding steroid dienone is 1. The minimum atomic E-state index is -0.490. The van der Waals surface area contributed by atoms with Gasteiger partial charge in [0.2, 0.25) is 5.95 Å². The van der Waals surface area contributed by atoms with Crippen molar-refractivity contribution in [3.63, 3.8) is 0 Å². The Kier molecular flexibility index (Phi) is 5.77. The maximum Gasteiger partial charge on any atom is 0.255 e. The normalized spacial score (nSPS) is 14.9. The maximum absolute atomic E-state index is 13.6. The summed E-state index contributed by atoms with van der Waals surface area (Å²) >= 11 is 6.41. The lowest BCUT2D eigenvalue weighted by Crippen LogP contribution is -2.31. The van der Waals surface area contributed by atoms with E-state index in [4.69, 9.17) is 21.4 Å². The lowest BCUT2D eigenvalue weighted by molar-refractivity contribution is -0.113. The summed E-state index contributed by atoms with van der Waals surface area (Å²) in [4.78, 5) is 18.3. The molecular formula is C26H22ClN5O2. The summed E-state index contributed by atoms with van der Waals surface area (Å²) in [5.74, 6) is 1.34. The first-order valence-electron chi connectivity index (χ1n) is 10.8. The van der Waals surface area contributed by atoms with E-state index in [1.54, 1.807) is 30.0 Å². The van der Waals surface area contributed by atoms with Crippen LogP contribution in [-0.4, -0.2) is 27.8 Å². The molecule has 34 heavy (non-hydrogen) atoms. The van der Waals surface area contributed by atoms with Gasteiger partial charge < -0.3 is 15.4 Å². The minimum Gasteiger partial charge on any atom is -0.495 e. The number of nitrogens with zero attached hydrogens (tertiary/aromatic N) is 3. The van der Waals surface area contributed by atoms with E-state index in [1.807, 2.05) is 67.6 Å². The Bertz CT molecular complexity index is 1400. The Morgan fingerprint density at radius 3 is 2.50 bits per heavy atom. The maximum atomic E-state index is 13.6. The topological polar surface area (TPSA) is 81.1 Å². The number of anilines is 2. The van der Waals surface area contributed by atoms with Crippen LogP contribution in [0.4, 0.5) is 11.6 Å². The van der Waals surface area contributed by atoms with Gasteiger partial charge in [0.25, 0.3) is 5.91 Å². The predicted molar refractivity (Wildman–Crippen MR) is 133 cm³/mol. The second-order valence-corrected chi connectivity index (χ2v) is 8.22. The lowest BCUT2D eigenvalue weighted by Gasteiger charge is -2.28. The molecule has 1 atom stereocenters. The number of hydrogen-bond acceptors (Lipinski definition) is 5. The van der Waals surface area contributed by atoms with Crippen molar-refractivity contribution >= 4 is 29.1 Å². The zero-order valence-corrected chi connectivity index (χ0v) is 19.4. The van der Waals surface area contributed by atoms with Crippen LogP contribution >= 0.6 is 11.6 Å². The number of ether oxygens (including phenoxy) is 1. The number of halogens is 1. The zero-order valence-electron chi connectivity index (χ0n) is 18.6. The summed E-state index contributed by atoms with van der Waals surface area (Å²) in [6.07, 6.45) is 0. The Hall–Kier alpha value is -4.10. The van der Waals surface area contributed by atoms with E-state index >= 15 is 0 Å². The number of rotatable bonds is 5. The van der Waals surface area contributed by atoms with Crippen molar-refractivity contribution in [3.05, 3.63) is 101 Å². The van der Waals surface area contributed by atoms with Gasteiger partial charge in [0.05, 0.1) is 23.4 Å². The third-order valence-electron chi connectivity index (χ3n) is 5.68.